The Morgan fingerprint density at radius 3 is 2.94 bits per heavy atom. The van der Waals surface area contributed by atoms with Gasteiger partial charge >= 0.3 is 0 Å². The van der Waals surface area contributed by atoms with Gasteiger partial charge in [0.05, 0.1) is 5.56 Å². The molecule has 0 radical (unpaired) electrons. The summed E-state index contributed by atoms with van der Waals surface area (Å²) in [6.45, 7) is 1.70. The molecule has 0 saturated carbocycles. The number of hydrogen-bond donors (Lipinski definition) is 2. The van der Waals surface area contributed by atoms with Crippen molar-refractivity contribution >= 4 is 28.3 Å². The highest BCUT2D eigenvalue weighted by Crippen LogP contribution is 2.16. The van der Waals surface area contributed by atoms with Gasteiger partial charge in [0.15, 0.2) is 0 Å². The summed E-state index contributed by atoms with van der Waals surface area (Å²) in [5.41, 5.74) is 5.70. The summed E-state index contributed by atoms with van der Waals surface area (Å²) in [6.07, 6.45) is 0. The standard InChI is InChI=1S/C10H9FN4OS/c1-5-13-10(17-15-5)14-9(16)7-4-6(12)2-3-8(7)11/h2-4H,12H2,1H3,(H,13,14,15,16). The second-order valence-electron chi connectivity index (χ2n) is 3.34. The Morgan fingerprint density at radius 2 is 2.29 bits per heavy atom. The van der Waals surface area contributed by atoms with E-state index in [9.17, 15) is 9.18 Å². The number of rotatable bonds is 2. The molecule has 1 aromatic carbocycles. The third-order valence-corrected chi connectivity index (χ3v) is 2.70. The Kier molecular flexibility index (Phi) is 3.01. The normalized spacial score (nSPS) is 10.2. The third kappa shape index (κ3) is 2.56. The Morgan fingerprint density at radius 1 is 1.53 bits per heavy atom. The summed E-state index contributed by atoms with van der Waals surface area (Å²) < 4.78 is 17.3. The zero-order chi connectivity index (χ0) is 12.4. The minimum absolute atomic E-state index is 0.113. The van der Waals surface area contributed by atoms with Crippen molar-refractivity contribution in [3.05, 3.63) is 35.4 Å². The van der Waals surface area contributed by atoms with Crippen LogP contribution in [0.2, 0.25) is 0 Å². The smallest absolute Gasteiger partial charge is 0.260 e. The van der Waals surface area contributed by atoms with Gasteiger partial charge in [-0.3, -0.25) is 10.1 Å². The number of amides is 1. The number of nitrogen functional groups attached to an aromatic ring is 1. The van der Waals surface area contributed by atoms with Crippen molar-refractivity contribution in [3.63, 3.8) is 0 Å². The Labute approximate surface area is 101 Å². The first-order valence-electron chi connectivity index (χ1n) is 4.73. The Hall–Kier alpha value is -2.02. The van der Waals surface area contributed by atoms with Gasteiger partial charge in [-0.25, -0.2) is 9.37 Å². The summed E-state index contributed by atoms with van der Waals surface area (Å²) in [7, 11) is 0. The van der Waals surface area contributed by atoms with Crippen LogP contribution in [-0.2, 0) is 0 Å². The predicted octanol–water partition coefficient (Wildman–Crippen LogP) is 1.82. The van der Waals surface area contributed by atoms with Crippen LogP contribution < -0.4 is 11.1 Å². The lowest BCUT2D eigenvalue weighted by Gasteiger charge is -2.03. The zero-order valence-electron chi connectivity index (χ0n) is 8.90. The molecule has 17 heavy (non-hydrogen) atoms. The number of nitrogens with one attached hydrogen (secondary N) is 1. The lowest BCUT2D eigenvalue weighted by Crippen LogP contribution is -2.14. The number of benzene rings is 1. The molecule has 0 spiro atoms. The van der Waals surface area contributed by atoms with E-state index in [2.05, 4.69) is 14.7 Å². The van der Waals surface area contributed by atoms with Crippen LogP contribution in [0.25, 0.3) is 0 Å². The topological polar surface area (TPSA) is 80.9 Å². The molecule has 1 heterocycles. The monoisotopic (exact) mass is 252 g/mol. The maximum atomic E-state index is 13.4. The number of nitrogens with zero attached hydrogens (tertiary/aromatic N) is 2. The second kappa shape index (κ2) is 4.46. The molecule has 0 aliphatic heterocycles. The molecule has 7 heteroatoms. The minimum Gasteiger partial charge on any atom is -0.399 e. The number of halogens is 1. The van der Waals surface area contributed by atoms with Gasteiger partial charge in [0.2, 0.25) is 5.13 Å². The number of anilines is 2. The number of aryl methyl sites for hydroxylation is 1. The van der Waals surface area contributed by atoms with Gasteiger partial charge in [-0.05, 0) is 25.1 Å². The Balaban J connectivity index is 2.22. The quantitative estimate of drug-likeness (QED) is 0.799. The second-order valence-corrected chi connectivity index (χ2v) is 4.09. The highest BCUT2D eigenvalue weighted by molar-refractivity contribution is 7.09. The summed E-state index contributed by atoms with van der Waals surface area (Å²) in [5, 5.41) is 2.79. The molecule has 0 aliphatic carbocycles. The molecule has 0 atom stereocenters. The van der Waals surface area contributed by atoms with Gasteiger partial charge in [0.1, 0.15) is 11.6 Å². The van der Waals surface area contributed by atoms with Gasteiger partial charge < -0.3 is 5.73 Å². The van der Waals surface area contributed by atoms with E-state index < -0.39 is 11.7 Å². The predicted molar refractivity (Wildman–Crippen MR) is 63.4 cm³/mol. The molecular weight excluding hydrogens is 243 g/mol. The lowest BCUT2D eigenvalue weighted by atomic mass is 10.2. The molecule has 5 nitrogen and oxygen atoms in total. The van der Waals surface area contributed by atoms with Crippen molar-refractivity contribution in [2.45, 2.75) is 6.92 Å². The molecule has 1 aromatic heterocycles. The van der Waals surface area contributed by atoms with Crippen LogP contribution in [0.3, 0.4) is 0 Å². The van der Waals surface area contributed by atoms with Crippen LogP contribution in [0.4, 0.5) is 15.2 Å². The van der Waals surface area contributed by atoms with Crippen molar-refractivity contribution in [1.82, 2.24) is 9.36 Å². The number of carbonyl (C=O) groups excluding carboxylic acids is 1. The number of nitrogens with two attached hydrogens (primary N) is 1. The third-order valence-electron chi connectivity index (χ3n) is 1.98. The summed E-state index contributed by atoms with van der Waals surface area (Å²) in [4.78, 5) is 15.7. The van der Waals surface area contributed by atoms with Crippen LogP contribution in [0.1, 0.15) is 16.2 Å². The number of carbonyl (C=O) groups is 1. The van der Waals surface area contributed by atoms with Gasteiger partial charge in [0.25, 0.3) is 5.91 Å². The average molecular weight is 252 g/mol. The summed E-state index contributed by atoms with van der Waals surface area (Å²) in [5.74, 6) is -0.665. The van der Waals surface area contributed by atoms with Gasteiger partial charge in [0, 0.05) is 17.2 Å². The molecular formula is C10H9FN4OS. The summed E-state index contributed by atoms with van der Waals surface area (Å²) in [6, 6.07) is 3.81. The molecule has 2 rings (SSSR count). The van der Waals surface area contributed by atoms with E-state index in [0.29, 0.717) is 16.6 Å². The van der Waals surface area contributed by atoms with E-state index in [1.54, 1.807) is 6.92 Å². The van der Waals surface area contributed by atoms with Crippen LogP contribution in [0.15, 0.2) is 18.2 Å². The maximum Gasteiger partial charge on any atom is 0.260 e. The molecule has 0 unspecified atom stereocenters. The maximum absolute atomic E-state index is 13.4. The molecule has 0 aliphatic rings. The average Bonchev–Trinajstić information content (AvgIpc) is 2.67. The zero-order valence-corrected chi connectivity index (χ0v) is 9.71. The van der Waals surface area contributed by atoms with Crippen LogP contribution >= 0.6 is 11.5 Å². The van der Waals surface area contributed by atoms with E-state index in [0.717, 1.165) is 17.6 Å². The summed E-state index contributed by atoms with van der Waals surface area (Å²) >= 11 is 1.04. The first kappa shape index (κ1) is 11.5. The fraction of sp³-hybridized carbons (Fsp3) is 0.100. The highest BCUT2D eigenvalue weighted by Gasteiger charge is 2.13. The number of aromatic nitrogens is 2. The van der Waals surface area contributed by atoms with Gasteiger partial charge in [-0.2, -0.15) is 4.37 Å². The SMILES string of the molecule is Cc1nsc(NC(=O)c2cc(N)ccc2F)n1. The van der Waals surface area contributed by atoms with Crippen molar-refractivity contribution in [2.24, 2.45) is 0 Å². The van der Waals surface area contributed by atoms with Gasteiger partial charge in [-0.15, -0.1) is 0 Å². The molecule has 88 valence electrons. The molecule has 0 saturated heterocycles. The first-order chi connectivity index (χ1) is 8.06. The molecule has 0 fully saturated rings. The van der Waals surface area contributed by atoms with Crippen LogP contribution in [-0.4, -0.2) is 15.3 Å². The molecule has 2 aromatic rings. The van der Waals surface area contributed by atoms with Gasteiger partial charge in [-0.1, -0.05) is 0 Å². The lowest BCUT2D eigenvalue weighted by molar-refractivity contribution is 0.102. The van der Waals surface area contributed by atoms with Crippen molar-refractivity contribution < 1.29 is 9.18 Å². The largest absolute Gasteiger partial charge is 0.399 e. The first-order valence-corrected chi connectivity index (χ1v) is 5.50. The van der Waals surface area contributed by atoms with Crippen LogP contribution in [0.5, 0.6) is 0 Å². The van der Waals surface area contributed by atoms with E-state index in [4.69, 9.17) is 5.73 Å². The highest BCUT2D eigenvalue weighted by atomic mass is 32.1. The Bertz CT molecular complexity index is 569. The minimum atomic E-state index is -0.627. The van der Waals surface area contributed by atoms with E-state index >= 15 is 0 Å². The van der Waals surface area contributed by atoms with E-state index in [1.165, 1.54) is 12.1 Å². The molecule has 0 bridgehead atoms. The van der Waals surface area contributed by atoms with Crippen LogP contribution in [0, 0.1) is 12.7 Å². The molecule has 1 amide bonds. The van der Waals surface area contributed by atoms with Crippen molar-refractivity contribution in [2.75, 3.05) is 11.1 Å². The number of hydrogen-bond acceptors (Lipinski definition) is 5. The van der Waals surface area contributed by atoms with E-state index in [-0.39, 0.29) is 5.56 Å². The fourth-order valence-corrected chi connectivity index (χ4v) is 1.80. The van der Waals surface area contributed by atoms with Crippen molar-refractivity contribution in [3.8, 4) is 0 Å². The fourth-order valence-electron chi connectivity index (χ4n) is 1.23. The molecule has 3 N–H and O–H groups in total. The van der Waals surface area contributed by atoms with E-state index in [1.807, 2.05) is 0 Å². The van der Waals surface area contributed by atoms with Crippen molar-refractivity contribution in [1.29, 1.82) is 0 Å².